The number of ether oxygens (including phenoxy) is 1. The normalized spacial score (nSPS) is 30.7. The zero-order valence-electron chi connectivity index (χ0n) is 16.5. The van der Waals surface area contributed by atoms with Crippen molar-refractivity contribution in [3.8, 4) is 5.88 Å². The van der Waals surface area contributed by atoms with Crippen molar-refractivity contribution in [2.45, 2.75) is 69.1 Å². The van der Waals surface area contributed by atoms with Crippen LogP contribution in [0.5, 0.6) is 5.88 Å². The molecule has 4 rings (SSSR count). The second-order valence-electron chi connectivity index (χ2n) is 8.22. The van der Waals surface area contributed by atoms with E-state index in [2.05, 4.69) is 4.98 Å². The summed E-state index contributed by atoms with van der Waals surface area (Å²) >= 11 is 0. The second-order valence-corrected chi connectivity index (χ2v) is 8.22. The first-order chi connectivity index (χ1) is 13.6. The summed E-state index contributed by atoms with van der Waals surface area (Å²) in [5, 5.41) is 9.81. The fraction of sp³-hybridized carbons (Fsp3) is 0.667. The summed E-state index contributed by atoms with van der Waals surface area (Å²) < 4.78 is 5.28. The Kier molecular flexibility index (Phi) is 5.27. The zero-order valence-corrected chi connectivity index (χ0v) is 16.5. The van der Waals surface area contributed by atoms with Crippen molar-refractivity contribution < 1.29 is 19.4 Å². The highest BCUT2D eigenvalue weighted by molar-refractivity contribution is 6.01. The Morgan fingerprint density at radius 1 is 1.21 bits per heavy atom. The molecule has 1 aliphatic carbocycles. The first-order valence-electron chi connectivity index (χ1n) is 10.4. The second kappa shape index (κ2) is 7.70. The molecule has 7 nitrogen and oxygen atoms in total. The predicted octanol–water partition coefficient (Wildman–Crippen LogP) is 1.99. The minimum absolute atomic E-state index is 0.0915. The van der Waals surface area contributed by atoms with Crippen molar-refractivity contribution in [3.63, 3.8) is 0 Å². The van der Waals surface area contributed by atoms with Crippen LogP contribution in [-0.4, -0.2) is 69.6 Å². The lowest BCUT2D eigenvalue weighted by Crippen LogP contribution is -2.63. The highest BCUT2D eigenvalue weighted by atomic mass is 16.5. The number of likely N-dealkylation sites (tertiary alicyclic amines) is 2. The average Bonchev–Trinajstić information content (AvgIpc) is 3.15. The molecule has 0 bridgehead atoms. The number of aliphatic hydroxyl groups is 1. The molecule has 2 saturated heterocycles. The molecule has 3 heterocycles. The molecule has 1 atom stereocenters. The summed E-state index contributed by atoms with van der Waals surface area (Å²) in [5.74, 6) is 0.224. The number of nitrogens with zero attached hydrogens (tertiary/aromatic N) is 3. The van der Waals surface area contributed by atoms with Gasteiger partial charge in [-0.05, 0) is 63.5 Å². The SMILES string of the molecule is COc1ncccc1C(=O)N1CCCC12CCCN(C1CCC(O)CC1)C2=O. The summed E-state index contributed by atoms with van der Waals surface area (Å²) in [6, 6.07) is 3.62. The van der Waals surface area contributed by atoms with Gasteiger partial charge in [0.2, 0.25) is 11.8 Å². The average molecular weight is 387 g/mol. The fourth-order valence-corrected chi connectivity index (χ4v) is 5.25. The Morgan fingerprint density at radius 3 is 2.64 bits per heavy atom. The van der Waals surface area contributed by atoms with Crippen LogP contribution in [-0.2, 0) is 4.79 Å². The van der Waals surface area contributed by atoms with Gasteiger partial charge in [-0.1, -0.05) is 0 Å². The van der Waals surface area contributed by atoms with Crippen LogP contribution in [0.2, 0.25) is 0 Å². The van der Waals surface area contributed by atoms with Crippen LogP contribution in [0.15, 0.2) is 18.3 Å². The number of pyridine rings is 1. The van der Waals surface area contributed by atoms with E-state index in [1.165, 1.54) is 7.11 Å². The van der Waals surface area contributed by atoms with Gasteiger partial charge in [-0.25, -0.2) is 4.98 Å². The van der Waals surface area contributed by atoms with Crippen LogP contribution < -0.4 is 4.74 Å². The van der Waals surface area contributed by atoms with E-state index >= 15 is 0 Å². The highest BCUT2D eigenvalue weighted by Crippen LogP contribution is 2.41. The Hall–Kier alpha value is -2.15. The van der Waals surface area contributed by atoms with Gasteiger partial charge in [-0.2, -0.15) is 0 Å². The topological polar surface area (TPSA) is 83.0 Å². The molecule has 1 spiro atoms. The molecule has 0 radical (unpaired) electrons. The third kappa shape index (κ3) is 3.15. The predicted molar refractivity (Wildman–Crippen MR) is 103 cm³/mol. The molecular formula is C21H29N3O4. The standard InChI is InChI=1S/C21H29N3O4/c1-28-18-17(5-2-12-22-18)19(26)24-14-4-11-21(24)10-3-13-23(20(21)27)15-6-8-16(25)9-7-15/h2,5,12,15-16,25H,3-4,6-11,13-14H2,1H3. The Morgan fingerprint density at radius 2 is 1.93 bits per heavy atom. The summed E-state index contributed by atoms with van der Waals surface area (Å²) in [4.78, 5) is 35.0. The van der Waals surface area contributed by atoms with E-state index in [4.69, 9.17) is 4.74 Å². The minimum Gasteiger partial charge on any atom is -0.480 e. The van der Waals surface area contributed by atoms with Gasteiger partial charge in [-0.3, -0.25) is 9.59 Å². The van der Waals surface area contributed by atoms with E-state index in [0.29, 0.717) is 30.8 Å². The van der Waals surface area contributed by atoms with Gasteiger partial charge in [0.1, 0.15) is 11.1 Å². The van der Waals surface area contributed by atoms with Crippen molar-refractivity contribution in [1.29, 1.82) is 0 Å². The quantitative estimate of drug-likeness (QED) is 0.858. The summed E-state index contributed by atoms with van der Waals surface area (Å²) in [6.07, 6.45) is 7.69. The summed E-state index contributed by atoms with van der Waals surface area (Å²) in [5.41, 5.74) is -0.330. The first kappa shape index (κ1) is 19.2. The number of amides is 2. The molecule has 152 valence electrons. The van der Waals surface area contributed by atoms with Gasteiger partial charge in [0.15, 0.2) is 0 Å². The van der Waals surface area contributed by atoms with Crippen molar-refractivity contribution in [2.24, 2.45) is 0 Å². The van der Waals surface area contributed by atoms with E-state index in [9.17, 15) is 14.7 Å². The van der Waals surface area contributed by atoms with Crippen LogP contribution in [0.3, 0.4) is 0 Å². The number of rotatable bonds is 3. The molecule has 1 saturated carbocycles. The van der Waals surface area contributed by atoms with Gasteiger partial charge in [0, 0.05) is 25.3 Å². The van der Waals surface area contributed by atoms with Gasteiger partial charge in [0.05, 0.1) is 13.2 Å². The highest BCUT2D eigenvalue weighted by Gasteiger charge is 2.54. The molecule has 1 aromatic heterocycles. The van der Waals surface area contributed by atoms with Gasteiger partial charge in [-0.15, -0.1) is 0 Å². The number of hydrogen-bond donors (Lipinski definition) is 1. The van der Waals surface area contributed by atoms with Crippen LogP contribution >= 0.6 is 0 Å². The smallest absolute Gasteiger partial charge is 0.260 e. The van der Waals surface area contributed by atoms with E-state index in [-0.39, 0.29) is 24.0 Å². The molecule has 2 amide bonds. The van der Waals surface area contributed by atoms with Crippen molar-refractivity contribution >= 4 is 11.8 Å². The number of methoxy groups -OCH3 is 1. The van der Waals surface area contributed by atoms with Crippen LogP contribution in [0, 0.1) is 0 Å². The fourth-order valence-electron chi connectivity index (χ4n) is 5.25. The molecule has 7 heteroatoms. The van der Waals surface area contributed by atoms with Gasteiger partial charge >= 0.3 is 0 Å². The van der Waals surface area contributed by atoms with Crippen molar-refractivity contribution in [3.05, 3.63) is 23.9 Å². The van der Waals surface area contributed by atoms with E-state index in [0.717, 1.165) is 45.1 Å². The number of aliphatic hydroxyl groups excluding tert-OH is 1. The van der Waals surface area contributed by atoms with Crippen molar-refractivity contribution in [2.75, 3.05) is 20.2 Å². The first-order valence-corrected chi connectivity index (χ1v) is 10.4. The Balaban J connectivity index is 1.60. The summed E-state index contributed by atoms with van der Waals surface area (Å²) in [7, 11) is 1.50. The molecule has 28 heavy (non-hydrogen) atoms. The molecule has 3 fully saturated rings. The summed E-state index contributed by atoms with van der Waals surface area (Å²) in [6.45, 7) is 1.33. The number of hydrogen-bond acceptors (Lipinski definition) is 5. The number of piperidine rings is 1. The lowest BCUT2D eigenvalue weighted by atomic mass is 9.82. The maximum Gasteiger partial charge on any atom is 0.260 e. The number of aromatic nitrogens is 1. The largest absolute Gasteiger partial charge is 0.480 e. The molecule has 0 aromatic carbocycles. The van der Waals surface area contributed by atoms with Gasteiger partial charge in [0.25, 0.3) is 5.91 Å². The van der Waals surface area contributed by atoms with Crippen LogP contribution in [0.1, 0.15) is 61.7 Å². The monoisotopic (exact) mass is 387 g/mol. The minimum atomic E-state index is -0.744. The number of carbonyl (C=O) groups excluding carboxylic acids is 2. The number of carbonyl (C=O) groups is 2. The Bertz CT molecular complexity index is 747. The molecule has 1 aromatic rings. The lowest BCUT2D eigenvalue weighted by Gasteiger charge is -2.48. The van der Waals surface area contributed by atoms with E-state index in [1.807, 2.05) is 4.90 Å². The maximum absolute atomic E-state index is 13.7. The van der Waals surface area contributed by atoms with E-state index in [1.54, 1.807) is 23.2 Å². The third-order valence-corrected chi connectivity index (χ3v) is 6.68. The molecule has 1 N–H and O–H groups in total. The maximum atomic E-state index is 13.7. The van der Waals surface area contributed by atoms with E-state index < -0.39 is 5.54 Å². The van der Waals surface area contributed by atoms with Gasteiger partial charge < -0.3 is 19.6 Å². The van der Waals surface area contributed by atoms with Crippen LogP contribution in [0.25, 0.3) is 0 Å². The van der Waals surface area contributed by atoms with Crippen LogP contribution in [0.4, 0.5) is 0 Å². The molecule has 2 aliphatic heterocycles. The molecular weight excluding hydrogens is 358 g/mol. The third-order valence-electron chi connectivity index (χ3n) is 6.68. The lowest BCUT2D eigenvalue weighted by molar-refractivity contribution is -0.149. The zero-order chi connectivity index (χ0) is 19.7. The molecule has 1 unspecified atom stereocenters. The Labute approximate surface area is 165 Å². The van der Waals surface area contributed by atoms with Crippen molar-refractivity contribution in [1.82, 2.24) is 14.8 Å². The molecule has 3 aliphatic rings.